The summed E-state index contributed by atoms with van der Waals surface area (Å²) in [5, 5.41) is 2.77. The largest absolute Gasteiger partial charge is 0.210 e. The Hall–Kier alpha value is 1.02. The first-order valence-corrected chi connectivity index (χ1v) is 21.1. The molecule has 0 aromatic heterocycles. The smallest absolute Gasteiger partial charge is 0.195 e. The summed E-state index contributed by atoms with van der Waals surface area (Å²) in [6.07, 6.45) is 34.1. The summed E-state index contributed by atoms with van der Waals surface area (Å²) >= 11 is 4.91. The Bertz CT molecular complexity index is 656. The second-order valence-corrected chi connectivity index (χ2v) is 18.5. The highest BCUT2D eigenvalue weighted by atomic mass is 32.2. The zero-order valence-electron chi connectivity index (χ0n) is 29.0. The van der Waals surface area contributed by atoms with Crippen LogP contribution in [0.15, 0.2) is 0 Å². The molecule has 0 radical (unpaired) electrons. The fraction of sp³-hybridized carbons (Fsp3) is 1.00. The summed E-state index contributed by atoms with van der Waals surface area (Å²) < 4.78 is 0. The Kier molecular flexibility index (Phi) is 17.4. The van der Waals surface area contributed by atoms with E-state index in [0.29, 0.717) is 10.5 Å². The average Bonchev–Trinajstić information content (AvgIpc) is 3.01. The minimum atomic E-state index is 0.440. The van der Waals surface area contributed by atoms with Crippen molar-refractivity contribution < 1.29 is 0 Å². The number of fused-ring (bicyclic) bond motifs is 4. The van der Waals surface area contributed by atoms with Crippen molar-refractivity contribution >= 4 is 58.5 Å². The van der Waals surface area contributed by atoms with Crippen LogP contribution in [0.2, 0.25) is 22.2 Å². The molecule has 2 saturated carbocycles. The first-order chi connectivity index (χ1) is 19.8. The van der Waals surface area contributed by atoms with Gasteiger partial charge in [0.25, 0.3) is 0 Å². The predicted octanol–water partition coefficient (Wildman–Crippen LogP) is 9.87. The monoisotopic (exact) mass is 597 g/mol. The molecule has 7 heteroatoms. The van der Waals surface area contributed by atoms with E-state index in [2.05, 4.69) is 66.5 Å². The van der Waals surface area contributed by atoms with Crippen molar-refractivity contribution in [2.24, 2.45) is 5.92 Å². The molecule has 0 amide bonds. The first kappa shape index (κ1) is 36.5. The molecule has 6 unspecified atom stereocenters. The molecular formula is C34H69B5S2. The Labute approximate surface area is 271 Å². The van der Waals surface area contributed by atoms with Gasteiger partial charge in [-0.15, -0.1) is 0 Å². The standard InChI is InChI=1S/C34H69B5S2/c1-5-33(3,39(36)34(4,35)6-2)28-20-16-18-22-29-26-27-30(23-19-17-21-28)38-41-32-25-15-13-11-9-7-8-10-12-14-24-31(32)40-37-29/h28-32,37-38H,5-27,35-36H2,1-4H3. The van der Waals surface area contributed by atoms with Crippen LogP contribution in [0.5, 0.6) is 0 Å². The Balaban J connectivity index is 1.70. The lowest BCUT2D eigenvalue weighted by Crippen LogP contribution is -2.45. The van der Waals surface area contributed by atoms with Crippen LogP contribution in [0.1, 0.15) is 175 Å². The molecule has 1 aliphatic heterocycles. The van der Waals surface area contributed by atoms with Crippen LogP contribution >= 0.6 is 23.2 Å². The third kappa shape index (κ3) is 12.0. The minimum absolute atomic E-state index is 0.440. The fourth-order valence-corrected chi connectivity index (χ4v) is 12.4. The van der Waals surface area contributed by atoms with E-state index in [1.807, 2.05) is 0 Å². The molecule has 0 aromatic carbocycles. The predicted molar refractivity (Wildman–Crippen MR) is 205 cm³/mol. The van der Waals surface area contributed by atoms with Crippen LogP contribution in [0, 0.1) is 5.92 Å². The van der Waals surface area contributed by atoms with Gasteiger partial charge in [-0.05, 0) is 18.8 Å². The zero-order valence-corrected chi connectivity index (χ0v) is 30.6. The molecule has 6 atom stereocenters. The molecule has 2 bridgehead atoms. The van der Waals surface area contributed by atoms with Crippen molar-refractivity contribution in [2.75, 3.05) is 0 Å². The van der Waals surface area contributed by atoms with Crippen LogP contribution in [-0.4, -0.2) is 45.8 Å². The highest BCUT2D eigenvalue weighted by Crippen LogP contribution is 2.53. The van der Waals surface area contributed by atoms with Gasteiger partial charge in [-0.25, -0.2) is 23.2 Å². The van der Waals surface area contributed by atoms with E-state index in [0.717, 1.165) is 34.7 Å². The summed E-state index contributed by atoms with van der Waals surface area (Å²) in [7, 11) is 5.16. The third-order valence-corrected chi connectivity index (χ3v) is 16.5. The molecule has 0 nitrogen and oxygen atoms in total. The molecule has 3 fully saturated rings. The van der Waals surface area contributed by atoms with Gasteiger partial charge in [0.2, 0.25) is 0 Å². The van der Waals surface area contributed by atoms with Gasteiger partial charge in [0.15, 0.2) is 13.1 Å². The van der Waals surface area contributed by atoms with Crippen LogP contribution < -0.4 is 0 Å². The maximum Gasteiger partial charge on any atom is 0.195 e. The highest BCUT2D eigenvalue weighted by Gasteiger charge is 2.44. The topological polar surface area (TPSA) is 0 Å². The Morgan fingerprint density at radius 1 is 0.585 bits per heavy atom. The van der Waals surface area contributed by atoms with Crippen molar-refractivity contribution in [1.82, 2.24) is 0 Å². The summed E-state index contributed by atoms with van der Waals surface area (Å²) in [4.78, 5) is 0. The molecule has 2 aliphatic carbocycles. The summed E-state index contributed by atoms with van der Waals surface area (Å²) in [6.45, 7) is 13.9. The van der Waals surface area contributed by atoms with Crippen LogP contribution in [-0.2, 0) is 0 Å². The van der Waals surface area contributed by atoms with Gasteiger partial charge in [-0.2, -0.15) is 0 Å². The SMILES string of the molecule is BB(C(B)(C)CC)C(C)(CC)C1CCCCC2BSC3CCCCCCCCCCCC3SBC(CCCC1)CC2. The Morgan fingerprint density at radius 3 is 1.39 bits per heavy atom. The van der Waals surface area contributed by atoms with E-state index in [4.69, 9.17) is 0 Å². The molecule has 0 spiro atoms. The molecule has 3 aliphatic rings. The molecule has 1 saturated heterocycles. The highest BCUT2D eigenvalue weighted by molar-refractivity contribution is 8.26. The second kappa shape index (κ2) is 19.5. The summed E-state index contributed by atoms with van der Waals surface area (Å²) in [5.74, 6) is 2.86. The molecule has 1 heterocycles. The number of hydrogen-bond donors (Lipinski definition) is 0. The van der Waals surface area contributed by atoms with E-state index in [1.54, 1.807) is 0 Å². The maximum atomic E-state index is 2.70. The molecule has 3 rings (SSSR count). The van der Waals surface area contributed by atoms with E-state index >= 15 is 0 Å². The molecule has 232 valence electrons. The van der Waals surface area contributed by atoms with Gasteiger partial charge in [0, 0.05) is 10.5 Å². The fourth-order valence-electron chi connectivity index (χ4n) is 8.89. The van der Waals surface area contributed by atoms with E-state index in [-0.39, 0.29) is 0 Å². The van der Waals surface area contributed by atoms with Crippen molar-refractivity contribution in [2.45, 2.75) is 208 Å². The van der Waals surface area contributed by atoms with Gasteiger partial charge in [0.1, 0.15) is 6.60 Å². The van der Waals surface area contributed by atoms with Crippen molar-refractivity contribution in [3.05, 3.63) is 0 Å². The van der Waals surface area contributed by atoms with Gasteiger partial charge in [-0.1, -0.05) is 185 Å². The lowest BCUT2D eigenvalue weighted by molar-refractivity contribution is 0.297. The van der Waals surface area contributed by atoms with Gasteiger partial charge in [-0.3, -0.25) is 0 Å². The molecule has 0 aromatic rings. The minimum Gasteiger partial charge on any atom is -0.210 e. The van der Waals surface area contributed by atoms with E-state index < -0.39 is 0 Å². The summed E-state index contributed by atoms with van der Waals surface area (Å²) in [5.41, 5.74) is 0. The zero-order chi connectivity index (χ0) is 29.6. The average molecular weight is 596 g/mol. The first-order valence-electron chi connectivity index (χ1n) is 19.0. The Morgan fingerprint density at radius 2 is 0.976 bits per heavy atom. The molecule has 41 heavy (non-hydrogen) atoms. The second-order valence-electron chi connectivity index (χ2n) is 16.0. The van der Waals surface area contributed by atoms with Gasteiger partial charge < -0.3 is 0 Å². The van der Waals surface area contributed by atoms with E-state index in [9.17, 15) is 0 Å². The maximum absolute atomic E-state index is 2.70. The van der Waals surface area contributed by atoms with Crippen molar-refractivity contribution in [1.29, 1.82) is 0 Å². The summed E-state index contributed by atoms with van der Waals surface area (Å²) in [6, 6.07) is 0. The number of rotatable bonds is 5. The van der Waals surface area contributed by atoms with E-state index in [1.165, 1.54) is 161 Å². The van der Waals surface area contributed by atoms with Gasteiger partial charge in [0.05, 0.1) is 15.6 Å². The van der Waals surface area contributed by atoms with Crippen LogP contribution in [0.3, 0.4) is 0 Å². The lowest BCUT2D eigenvalue weighted by atomic mass is 9.07. The number of hydrogen-bond acceptors (Lipinski definition) is 2. The van der Waals surface area contributed by atoms with Crippen LogP contribution in [0.4, 0.5) is 0 Å². The van der Waals surface area contributed by atoms with Gasteiger partial charge >= 0.3 is 0 Å². The molecular weight excluding hydrogens is 527 g/mol. The van der Waals surface area contributed by atoms with Crippen LogP contribution in [0.25, 0.3) is 0 Å². The molecule has 0 N–H and O–H groups in total. The lowest BCUT2D eigenvalue weighted by Gasteiger charge is -2.48. The normalized spacial score (nSPS) is 33.5. The third-order valence-electron chi connectivity index (χ3n) is 13.1. The van der Waals surface area contributed by atoms with Crippen molar-refractivity contribution in [3.8, 4) is 0 Å². The van der Waals surface area contributed by atoms with Crippen molar-refractivity contribution in [3.63, 3.8) is 0 Å². The quantitative estimate of drug-likeness (QED) is 0.290.